The second kappa shape index (κ2) is 10.3. The minimum absolute atomic E-state index is 0.197. The Kier molecular flexibility index (Phi) is 7.76. The van der Waals surface area contributed by atoms with Crippen molar-refractivity contribution in [2.24, 2.45) is 0 Å². The van der Waals surface area contributed by atoms with Crippen molar-refractivity contribution in [1.82, 2.24) is 9.80 Å². The Bertz CT molecular complexity index is 569. The number of ether oxygens (including phenoxy) is 2. The molecule has 2 aliphatic rings. The molecule has 2 heterocycles. The van der Waals surface area contributed by atoms with Crippen molar-refractivity contribution >= 4 is 0 Å². The van der Waals surface area contributed by atoms with Crippen molar-refractivity contribution in [2.75, 3.05) is 46.4 Å². The van der Waals surface area contributed by atoms with E-state index in [-0.39, 0.29) is 12.7 Å². The lowest BCUT2D eigenvalue weighted by Crippen LogP contribution is -2.49. The number of likely N-dealkylation sites (tertiary alicyclic amines) is 2. The largest absolute Gasteiger partial charge is 0.493 e. The summed E-state index contributed by atoms with van der Waals surface area (Å²) in [5.74, 6) is 1.35. The van der Waals surface area contributed by atoms with Crippen LogP contribution in [0.4, 0.5) is 0 Å². The maximum Gasteiger partial charge on any atom is 0.161 e. The van der Waals surface area contributed by atoms with Crippen molar-refractivity contribution in [3.63, 3.8) is 0 Å². The molecule has 0 bridgehead atoms. The van der Waals surface area contributed by atoms with E-state index in [1.807, 2.05) is 18.2 Å². The lowest BCUT2D eigenvalue weighted by molar-refractivity contribution is -0.00293. The van der Waals surface area contributed by atoms with E-state index in [1.54, 1.807) is 7.11 Å². The van der Waals surface area contributed by atoms with Crippen LogP contribution in [0.1, 0.15) is 37.7 Å². The summed E-state index contributed by atoms with van der Waals surface area (Å²) in [6, 6.07) is 5.91. The van der Waals surface area contributed by atoms with Crippen LogP contribution in [0, 0.1) is 0 Å². The third-order valence-corrected chi connectivity index (χ3v) is 5.42. The molecule has 2 saturated heterocycles. The van der Waals surface area contributed by atoms with E-state index in [9.17, 15) is 10.2 Å². The first-order valence-corrected chi connectivity index (χ1v) is 10.2. The standard InChI is InChI=1S/C21H34N2O4/c1-26-20-8-7-17(12-23-13-18(24)14-23)11-21(20)27-16-19(25)15-22-9-5-3-2-4-6-10-22/h7-8,11,18-19,24-25H,2-6,9-10,12-16H2,1H3/t19-/m1/s1. The smallest absolute Gasteiger partial charge is 0.161 e. The number of aliphatic hydroxyl groups excluding tert-OH is 2. The molecule has 1 aromatic carbocycles. The van der Waals surface area contributed by atoms with Crippen molar-refractivity contribution in [2.45, 2.75) is 50.9 Å². The zero-order valence-electron chi connectivity index (χ0n) is 16.5. The minimum atomic E-state index is -0.511. The van der Waals surface area contributed by atoms with Crippen LogP contribution in [0.3, 0.4) is 0 Å². The first-order chi connectivity index (χ1) is 13.1. The number of nitrogens with zero attached hydrogens (tertiary/aromatic N) is 2. The van der Waals surface area contributed by atoms with Gasteiger partial charge in [0.15, 0.2) is 11.5 Å². The number of aliphatic hydroxyl groups is 2. The molecule has 0 aliphatic carbocycles. The predicted octanol–water partition coefficient (Wildman–Crippen LogP) is 1.88. The fraction of sp³-hybridized carbons (Fsp3) is 0.714. The van der Waals surface area contributed by atoms with Gasteiger partial charge in [-0.1, -0.05) is 25.3 Å². The molecule has 3 rings (SSSR count). The highest BCUT2D eigenvalue weighted by atomic mass is 16.5. The fourth-order valence-electron chi connectivity index (χ4n) is 3.89. The monoisotopic (exact) mass is 378 g/mol. The third-order valence-electron chi connectivity index (χ3n) is 5.42. The molecule has 2 fully saturated rings. The van der Waals surface area contributed by atoms with Gasteiger partial charge in [0.05, 0.1) is 13.2 Å². The number of hydrogen-bond acceptors (Lipinski definition) is 6. The Labute approximate surface area is 162 Å². The van der Waals surface area contributed by atoms with Gasteiger partial charge < -0.3 is 24.6 Å². The van der Waals surface area contributed by atoms with Crippen LogP contribution in [0.15, 0.2) is 18.2 Å². The highest BCUT2D eigenvalue weighted by Crippen LogP contribution is 2.29. The average molecular weight is 379 g/mol. The molecule has 0 aromatic heterocycles. The Hall–Kier alpha value is -1.34. The molecule has 0 amide bonds. The number of rotatable bonds is 8. The molecule has 1 atom stereocenters. The summed E-state index contributed by atoms with van der Waals surface area (Å²) in [7, 11) is 1.63. The number of benzene rings is 1. The van der Waals surface area contributed by atoms with Gasteiger partial charge >= 0.3 is 0 Å². The maximum absolute atomic E-state index is 10.4. The van der Waals surface area contributed by atoms with Crippen molar-refractivity contribution in [3.05, 3.63) is 23.8 Å². The van der Waals surface area contributed by atoms with E-state index in [1.165, 1.54) is 32.1 Å². The van der Waals surface area contributed by atoms with Crippen LogP contribution >= 0.6 is 0 Å². The third kappa shape index (κ3) is 6.35. The van der Waals surface area contributed by atoms with Crippen molar-refractivity contribution < 1.29 is 19.7 Å². The molecule has 6 heteroatoms. The SMILES string of the molecule is COc1ccc(CN2CC(O)C2)cc1OC[C@H](O)CN1CCCCCCC1. The number of β-amino-alcohol motifs (C(OH)–C–C–N with tert-alkyl or cyclic N) is 2. The summed E-state index contributed by atoms with van der Waals surface area (Å²) >= 11 is 0. The maximum atomic E-state index is 10.4. The fourth-order valence-corrected chi connectivity index (χ4v) is 3.89. The zero-order valence-corrected chi connectivity index (χ0v) is 16.5. The topological polar surface area (TPSA) is 65.4 Å². The van der Waals surface area contributed by atoms with Gasteiger partial charge in [0.1, 0.15) is 12.7 Å². The second-order valence-electron chi connectivity index (χ2n) is 7.87. The van der Waals surface area contributed by atoms with Gasteiger partial charge in [0.25, 0.3) is 0 Å². The van der Waals surface area contributed by atoms with Crippen molar-refractivity contribution in [3.8, 4) is 11.5 Å². The molecule has 0 spiro atoms. The van der Waals surface area contributed by atoms with Crippen LogP contribution in [0.25, 0.3) is 0 Å². The molecule has 0 unspecified atom stereocenters. The van der Waals surface area contributed by atoms with Gasteiger partial charge in [0, 0.05) is 26.2 Å². The van der Waals surface area contributed by atoms with Gasteiger partial charge in [-0.05, 0) is 43.6 Å². The Morgan fingerprint density at radius 3 is 2.41 bits per heavy atom. The van der Waals surface area contributed by atoms with E-state index in [2.05, 4.69) is 9.80 Å². The molecular formula is C21H34N2O4. The van der Waals surface area contributed by atoms with E-state index < -0.39 is 6.10 Å². The molecular weight excluding hydrogens is 344 g/mol. The summed E-state index contributed by atoms with van der Waals surface area (Å²) in [6.07, 6.45) is 5.65. The summed E-state index contributed by atoms with van der Waals surface area (Å²) in [6.45, 7) is 5.28. The molecule has 2 aliphatic heterocycles. The molecule has 1 aromatic rings. The number of methoxy groups -OCH3 is 1. The highest BCUT2D eigenvalue weighted by Gasteiger charge is 2.24. The van der Waals surface area contributed by atoms with Crippen LogP contribution in [-0.4, -0.2) is 78.7 Å². The highest BCUT2D eigenvalue weighted by molar-refractivity contribution is 5.43. The number of hydrogen-bond donors (Lipinski definition) is 2. The van der Waals surface area contributed by atoms with Crippen LogP contribution in [0.2, 0.25) is 0 Å². The normalized spacial score (nSPS) is 21.1. The van der Waals surface area contributed by atoms with Gasteiger partial charge in [-0.3, -0.25) is 4.90 Å². The molecule has 0 radical (unpaired) electrons. The quantitative estimate of drug-likeness (QED) is 0.720. The minimum Gasteiger partial charge on any atom is -0.493 e. The molecule has 152 valence electrons. The van der Waals surface area contributed by atoms with Crippen LogP contribution in [-0.2, 0) is 6.54 Å². The van der Waals surface area contributed by atoms with Crippen LogP contribution < -0.4 is 9.47 Å². The zero-order chi connectivity index (χ0) is 19.1. The summed E-state index contributed by atoms with van der Waals surface area (Å²) < 4.78 is 11.3. The Balaban J connectivity index is 1.50. The van der Waals surface area contributed by atoms with E-state index in [0.29, 0.717) is 18.0 Å². The lowest BCUT2D eigenvalue weighted by Gasteiger charge is -2.35. The van der Waals surface area contributed by atoms with Gasteiger partial charge in [-0.2, -0.15) is 0 Å². The van der Waals surface area contributed by atoms with Crippen molar-refractivity contribution in [1.29, 1.82) is 0 Å². The second-order valence-corrected chi connectivity index (χ2v) is 7.87. The summed E-state index contributed by atoms with van der Waals surface area (Å²) in [5, 5.41) is 19.9. The van der Waals surface area contributed by atoms with E-state index >= 15 is 0 Å². The average Bonchev–Trinajstić information content (AvgIpc) is 2.61. The van der Waals surface area contributed by atoms with Gasteiger partial charge in [0.2, 0.25) is 0 Å². The van der Waals surface area contributed by atoms with Gasteiger partial charge in [-0.25, -0.2) is 0 Å². The molecule has 6 nitrogen and oxygen atoms in total. The molecule has 27 heavy (non-hydrogen) atoms. The van der Waals surface area contributed by atoms with Gasteiger partial charge in [-0.15, -0.1) is 0 Å². The Morgan fingerprint density at radius 2 is 1.74 bits per heavy atom. The summed E-state index contributed by atoms with van der Waals surface area (Å²) in [4.78, 5) is 4.54. The van der Waals surface area contributed by atoms with E-state index in [0.717, 1.165) is 38.3 Å². The Morgan fingerprint density at radius 1 is 1.04 bits per heavy atom. The van der Waals surface area contributed by atoms with Crippen LogP contribution in [0.5, 0.6) is 11.5 Å². The summed E-state index contributed by atoms with van der Waals surface area (Å²) in [5.41, 5.74) is 1.12. The van der Waals surface area contributed by atoms with E-state index in [4.69, 9.17) is 9.47 Å². The predicted molar refractivity (Wildman–Crippen MR) is 105 cm³/mol. The first-order valence-electron chi connectivity index (χ1n) is 10.2. The molecule has 2 N–H and O–H groups in total. The molecule has 0 saturated carbocycles. The lowest BCUT2D eigenvalue weighted by atomic mass is 10.1. The first kappa shape index (κ1) is 20.4.